The molecule has 0 aliphatic rings. The second kappa shape index (κ2) is 14.1. The van der Waals surface area contributed by atoms with Crippen LogP contribution in [0.15, 0.2) is 109 Å². The van der Waals surface area contributed by atoms with Gasteiger partial charge in [-0.3, -0.25) is 4.79 Å². The van der Waals surface area contributed by atoms with Gasteiger partial charge in [-0.2, -0.15) is 0 Å². The first-order valence-corrected chi connectivity index (χ1v) is 13.7. The number of fused-ring (bicyclic) bond motifs is 1. The van der Waals surface area contributed by atoms with Crippen LogP contribution in [0.3, 0.4) is 0 Å². The Morgan fingerprint density at radius 1 is 0.721 bits per heavy atom. The Labute approximate surface area is 249 Å². The lowest BCUT2D eigenvalue weighted by Gasteiger charge is -2.10. The Morgan fingerprint density at radius 3 is 2.23 bits per heavy atom. The number of hydrogen-bond acceptors (Lipinski definition) is 7. The van der Waals surface area contributed by atoms with E-state index in [2.05, 4.69) is 5.32 Å². The smallest absolute Gasteiger partial charge is 0.335 e. The van der Waals surface area contributed by atoms with E-state index in [1.807, 2.05) is 84.9 Å². The number of rotatable bonds is 13. The highest BCUT2D eigenvalue weighted by atomic mass is 16.7. The van der Waals surface area contributed by atoms with Gasteiger partial charge in [0.25, 0.3) is 0 Å². The molecule has 0 fully saturated rings. The number of methoxy groups -OCH3 is 1. The topological polar surface area (TPSA) is 103 Å². The van der Waals surface area contributed by atoms with E-state index in [1.54, 1.807) is 31.4 Å². The summed E-state index contributed by atoms with van der Waals surface area (Å²) in [7, 11) is 1.62. The van der Waals surface area contributed by atoms with Crippen molar-refractivity contribution in [3.63, 3.8) is 0 Å². The number of benzene rings is 5. The SMILES string of the molecule is COCCOCOc1ccc2cc(OC(=O)Cc3cccc(-c4ccc(Nc5cccc(C(=O)O)c5)cc4)c3)ccc2c1. The van der Waals surface area contributed by atoms with Crippen LogP contribution in [0.25, 0.3) is 21.9 Å². The van der Waals surface area contributed by atoms with Gasteiger partial charge in [0.15, 0.2) is 6.79 Å². The molecule has 218 valence electrons. The number of esters is 1. The summed E-state index contributed by atoms with van der Waals surface area (Å²) in [6.45, 7) is 1.11. The van der Waals surface area contributed by atoms with Crippen LogP contribution in [0.4, 0.5) is 11.4 Å². The van der Waals surface area contributed by atoms with Gasteiger partial charge in [-0.15, -0.1) is 0 Å². The zero-order chi connectivity index (χ0) is 30.0. The molecule has 0 unspecified atom stereocenters. The largest absolute Gasteiger partial charge is 0.478 e. The number of nitrogens with one attached hydrogen (secondary N) is 1. The minimum absolute atomic E-state index is 0.126. The average Bonchev–Trinajstić information content (AvgIpc) is 3.01. The van der Waals surface area contributed by atoms with Crippen molar-refractivity contribution in [3.8, 4) is 22.6 Å². The van der Waals surface area contributed by atoms with E-state index in [4.69, 9.17) is 18.9 Å². The molecule has 5 aromatic carbocycles. The number of ether oxygens (including phenoxy) is 4. The third-order valence-corrected chi connectivity index (χ3v) is 6.65. The molecule has 0 saturated heterocycles. The van der Waals surface area contributed by atoms with Crippen LogP contribution in [0.1, 0.15) is 15.9 Å². The molecule has 0 saturated carbocycles. The summed E-state index contributed by atoms with van der Waals surface area (Å²) in [5.41, 5.74) is 4.54. The number of carboxylic acid groups (broad SMARTS) is 1. The van der Waals surface area contributed by atoms with E-state index in [0.29, 0.717) is 30.4 Å². The molecule has 0 spiro atoms. The number of carbonyl (C=O) groups excluding carboxylic acids is 1. The molecule has 0 radical (unpaired) electrons. The molecule has 5 aromatic rings. The Bertz CT molecular complexity index is 1720. The third-order valence-electron chi connectivity index (χ3n) is 6.65. The van der Waals surface area contributed by atoms with Crippen molar-refractivity contribution in [1.82, 2.24) is 0 Å². The van der Waals surface area contributed by atoms with Gasteiger partial charge in [0, 0.05) is 18.5 Å². The maximum Gasteiger partial charge on any atom is 0.335 e. The summed E-state index contributed by atoms with van der Waals surface area (Å²) < 4.78 is 21.6. The zero-order valence-corrected chi connectivity index (χ0v) is 23.6. The lowest BCUT2D eigenvalue weighted by molar-refractivity contribution is -0.133. The quantitative estimate of drug-likeness (QED) is 0.0661. The molecule has 2 N–H and O–H groups in total. The van der Waals surface area contributed by atoms with Crippen molar-refractivity contribution in [2.45, 2.75) is 6.42 Å². The second-order valence-corrected chi connectivity index (χ2v) is 9.77. The van der Waals surface area contributed by atoms with E-state index in [0.717, 1.165) is 33.2 Å². The fourth-order valence-electron chi connectivity index (χ4n) is 4.50. The normalized spacial score (nSPS) is 10.8. The van der Waals surface area contributed by atoms with E-state index >= 15 is 0 Å². The maximum atomic E-state index is 12.8. The highest BCUT2D eigenvalue weighted by Gasteiger charge is 2.10. The molecule has 0 atom stereocenters. The van der Waals surface area contributed by atoms with Gasteiger partial charge in [0.05, 0.1) is 25.2 Å². The molecule has 8 heteroatoms. The molecule has 0 amide bonds. The lowest BCUT2D eigenvalue weighted by Crippen LogP contribution is -2.11. The highest BCUT2D eigenvalue weighted by Crippen LogP contribution is 2.27. The Balaban J connectivity index is 1.18. The summed E-state index contributed by atoms with van der Waals surface area (Å²) in [6, 6.07) is 33.4. The molecular weight excluding hydrogens is 546 g/mol. The highest BCUT2D eigenvalue weighted by molar-refractivity contribution is 5.89. The molecule has 0 aliphatic carbocycles. The van der Waals surface area contributed by atoms with Crippen LogP contribution in [-0.2, 0) is 20.7 Å². The van der Waals surface area contributed by atoms with Gasteiger partial charge in [-0.05, 0) is 82.1 Å². The summed E-state index contributed by atoms with van der Waals surface area (Å²) in [5, 5.41) is 14.3. The standard InChI is InChI=1S/C35H31NO7/c1-40-16-17-41-23-42-32-14-10-28-22-33(15-11-27(28)21-32)43-34(37)19-24-4-2-5-26(18-24)25-8-12-30(13-9-25)36-31-7-3-6-29(20-31)35(38)39/h2-15,18,20-22,36H,16-17,19,23H2,1H3,(H,38,39). The van der Waals surface area contributed by atoms with Gasteiger partial charge in [0.1, 0.15) is 11.5 Å². The fourth-order valence-corrected chi connectivity index (χ4v) is 4.50. The van der Waals surface area contributed by atoms with Crippen LogP contribution in [0.2, 0.25) is 0 Å². The summed E-state index contributed by atoms with van der Waals surface area (Å²) in [5.74, 6) is -0.165. The van der Waals surface area contributed by atoms with Crippen LogP contribution >= 0.6 is 0 Å². The molecule has 43 heavy (non-hydrogen) atoms. The zero-order valence-electron chi connectivity index (χ0n) is 23.6. The van der Waals surface area contributed by atoms with Crippen molar-refractivity contribution >= 4 is 34.1 Å². The van der Waals surface area contributed by atoms with Crippen molar-refractivity contribution < 1.29 is 33.6 Å². The predicted molar refractivity (Wildman–Crippen MR) is 165 cm³/mol. The molecule has 0 bridgehead atoms. The van der Waals surface area contributed by atoms with E-state index < -0.39 is 5.97 Å². The van der Waals surface area contributed by atoms with E-state index in [-0.39, 0.29) is 24.7 Å². The Kier molecular flexibility index (Phi) is 9.63. The number of aromatic carboxylic acids is 1. The molecular formula is C35H31NO7. The predicted octanol–water partition coefficient (Wildman–Crippen LogP) is 7.10. The van der Waals surface area contributed by atoms with Crippen LogP contribution in [0.5, 0.6) is 11.5 Å². The number of carbonyl (C=O) groups is 2. The van der Waals surface area contributed by atoms with Crippen molar-refractivity contribution in [1.29, 1.82) is 0 Å². The molecule has 0 heterocycles. The molecule has 0 aliphatic heterocycles. The van der Waals surface area contributed by atoms with Crippen LogP contribution < -0.4 is 14.8 Å². The molecule has 0 aromatic heterocycles. The molecule has 5 rings (SSSR count). The maximum absolute atomic E-state index is 12.8. The van der Waals surface area contributed by atoms with Gasteiger partial charge >= 0.3 is 11.9 Å². The summed E-state index contributed by atoms with van der Waals surface area (Å²) in [6.07, 6.45) is 0.126. The third kappa shape index (κ3) is 8.19. The van der Waals surface area contributed by atoms with Gasteiger partial charge < -0.3 is 29.4 Å². The van der Waals surface area contributed by atoms with Gasteiger partial charge in [-0.1, -0.05) is 54.6 Å². The number of hydrogen-bond donors (Lipinski definition) is 2. The fraction of sp³-hybridized carbons (Fsp3) is 0.143. The van der Waals surface area contributed by atoms with Crippen LogP contribution in [0, 0.1) is 0 Å². The summed E-state index contributed by atoms with van der Waals surface area (Å²) >= 11 is 0. The first-order valence-electron chi connectivity index (χ1n) is 13.7. The van der Waals surface area contributed by atoms with E-state index in [9.17, 15) is 14.7 Å². The average molecular weight is 578 g/mol. The minimum atomic E-state index is -0.971. The van der Waals surface area contributed by atoms with Gasteiger partial charge in [-0.25, -0.2) is 4.79 Å². The molecule has 8 nitrogen and oxygen atoms in total. The monoisotopic (exact) mass is 577 g/mol. The Morgan fingerprint density at radius 2 is 1.47 bits per heavy atom. The number of carboxylic acids is 1. The van der Waals surface area contributed by atoms with Crippen molar-refractivity contribution in [2.24, 2.45) is 0 Å². The van der Waals surface area contributed by atoms with Crippen LogP contribution in [-0.4, -0.2) is 44.2 Å². The minimum Gasteiger partial charge on any atom is -0.478 e. The second-order valence-electron chi connectivity index (χ2n) is 9.77. The van der Waals surface area contributed by atoms with Crippen molar-refractivity contribution in [2.75, 3.05) is 32.4 Å². The van der Waals surface area contributed by atoms with Gasteiger partial charge in [0.2, 0.25) is 0 Å². The van der Waals surface area contributed by atoms with Crippen molar-refractivity contribution in [3.05, 3.63) is 120 Å². The lowest BCUT2D eigenvalue weighted by atomic mass is 10.0. The first kappa shape index (κ1) is 29.3. The Hall–Kier alpha value is -5.18. The first-order chi connectivity index (χ1) is 21.0. The summed E-state index contributed by atoms with van der Waals surface area (Å²) in [4.78, 5) is 24.0. The number of anilines is 2. The van der Waals surface area contributed by atoms with E-state index in [1.165, 1.54) is 0 Å².